The molecular weight excluding hydrogens is 510 g/mol. The summed E-state index contributed by atoms with van der Waals surface area (Å²) in [6.07, 6.45) is 5.78. The maximum absolute atomic E-state index is 11.7. The predicted octanol–water partition coefficient (Wildman–Crippen LogP) is 3.02. The van der Waals surface area contributed by atoms with E-state index in [2.05, 4.69) is 33.6 Å². The molecule has 0 saturated carbocycles. The number of hydrogen-bond acceptors (Lipinski definition) is 4. The van der Waals surface area contributed by atoms with Gasteiger partial charge in [-0.25, -0.2) is 0 Å². The van der Waals surface area contributed by atoms with E-state index >= 15 is 0 Å². The third-order valence-electron chi connectivity index (χ3n) is 4.29. The Morgan fingerprint density at radius 1 is 1.19 bits per heavy atom. The molecule has 3 N–H and O–H groups in total. The number of hydroxylamine groups is 1. The number of allylic oxidation sites excluding steroid dienone is 3. The molecule has 0 radical (unpaired) electrons. The number of nitrogens with zero attached hydrogens (tertiary/aromatic N) is 2. The Balaban J connectivity index is 1.99. The summed E-state index contributed by atoms with van der Waals surface area (Å²) in [5.41, 5.74) is 5.46. The zero-order valence-electron chi connectivity index (χ0n) is 14.4. The van der Waals surface area contributed by atoms with E-state index in [-0.39, 0.29) is 5.17 Å². The van der Waals surface area contributed by atoms with Gasteiger partial charge in [0.25, 0.3) is 0 Å². The van der Waals surface area contributed by atoms with Gasteiger partial charge in [-0.15, -0.1) is 0 Å². The Hall–Kier alpha value is -2.59. The average Bonchev–Trinajstić information content (AvgIpc) is 2.84. The standard InChI is InChI=1S/C21H18N3O2.W/c1-3-19-15(2)8-11-17-6-4-5-7-20(17)23(19)14-16-9-12-18(13-10-16)21(25)24(22)26;/h1-13,26H,14,22H2;/q-1;. The normalized spacial score (nSPS) is 13.0. The van der Waals surface area contributed by atoms with E-state index in [1.165, 1.54) is 19.4 Å². The first-order valence-corrected chi connectivity index (χ1v) is 9.90. The minimum absolute atomic E-state index is 0.0850. The minimum atomic E-state index is -0.660. The summed E-state index contributed by atoms with van der Waals surface area (Å²) < 4.78 is 2.10. The fourth-order valence-corrected chi connectivity index (χ4v) is 3.66. The van der Waals surface area contributed by atoms with Gasteiger partial charge >= 0.3 is 169 Å². The van der Waals surface area contributed by atoms with Crippen LogP contribution in [-0.4, -0.2) is 20.7 Å². The summed E-state index contributed by atoms with van der Waals surface area (Å²) in [5, 5.41) is 9.17. The molecule has 1 heterocycles. The molecule has 2 aromatic carbocycles. The van der Waals surface area contributed by atoms with Crippen molar-refractivity contribution in [3.63, 3.8) is 0 Å². The van der Waals surface area contributed by atoms with Crippen molar-refractivity contribution in [2.45, 2.75) is 6.54 Å². The van der Waals surface area contributed by atoms with E-state index in [9.17, 15) is 4.79 Å². The number of para-hydroxylation sites is 1. The summed E-state index contributed by atoms with van der Waals surface area (Å²) in [4.78, 5) is 13.9. The van der Waals surface area contributed by atoms with Crippen molar-refractivity contribution < 1.29 is 29.4 Å². The third kappa shape index (κ3) is 4.06. The van der Waals surface area contributed by atoms with Crippen molar-refractivity contribution in [2.24, 2.45) is 5.84 Å². The zero-order valence-corrected chi connectivity index (χ0v) is 17.4. The Labute approximate surface area is 169 Å². The molecule has 0 fully saturated rings. The first-order chi connectivity index (χ1) is 13.0. The second-order valence-corrected chi connectivity index (χ2v) is 6.80. The monoisotopic (exact) mass is 528 g/mol. The van der Waals surface area contributed by atoms with Gasteiger partial charge in [0.15, 0.2) is 0 Å². The van der Waals surface area contributed by atoms with Crippen LogP contribution < -0.4 is 10.7 Å². The van der Waals surface area contributed by atoms with Crippen molar-refractivity contribution in [1.82, 2.24) is 5.17 Å². The quantitative estimate of drug-likeness (QED) is 0.206. The number of hydrazine groups is 1. The van der Waals surface area contributed by atoms with Gasteiger partial charge in [-0.2, -0.15) is 0 Å². The molecule has 27 heavy (non-hydrogen) atoms. The maximum atomic E-state index is 11.7. The van der Waals surface area contributed by atoms with Crippen LogP contribution in [0.4, 0.5) is 5.69 Å². The fraction of sp³-hybridized carbons (Fsp3) is 0.0476. The summed E-state index contributed by atoms with van der Waals surface area (Å²) in [6.45, 7) is 6.55. The number of carbonyl (C=O) groups excluding carboxylic acids is 1. The molecule has 1 aliphatic heterocycles. The van der Waals surface area contributed by atoms with Crippen LogP contribution in [0.25, 0.3) is 6.08 Å². The Kier molecular flexibility index (Phi) is 5.97. The summed E-state index contributed by atoms with van der Waals surface area (Å²) >= 11 is 1.34. The van der Waals surface area contributed by atoms with Gasteiger partial charge in [0.05, 0.1) is 0 Å². The Bertz CT molecular complexity index is 946. The van der Waals surface area contributed by atoms with E-state index in [0.29, 0.717) is 12.1 Å². The molecular formula is C21H18N3O2W-. The van der Waals surface area contributed by atoms with Crippen molar-refractivity contribution in [3.05, 3.63) is 95.2 Å². The zero-order chi connectivity index (χ0) is 19.4. The van der Waals surface area contributed by atoms with Crippen LogP contribution in [0, 0.1) is 6.58 Å². The number of rotatable bonds is 5. The van der Waals surface area contributed by atoms with E-state index in [1.807, 2.05) is 24.3 Å². The molecule has 1 amide bonds. The second kappa shape index (κ2) is 8.40. The van der Waals surface area contributed by atoms with Crippen LogP contribution in [0.5, 0.6) is 0 Å². The fourth-order valence-electron chi connectivity index (χ4n) is 2.95. The number of hydrogen-bond donors (Lipinski definition) is 2. The molecule has 0 spiro atoms. The second-order valence-electron chi connectivity index (χ2n) is 5.95. The van der Waals surface area contributed by atoms with Gasteiger partial charge < -0.3 is 0 Å². The molecule has 0 saturated heterocycles. The number of nitrogens with two attached hydrogens (primary N) is 1. The van der Waals surface area contributed by atoms with Crippen LogP contribution in [0.15, 0.2) is 72.0 Å². The molecule has 5 nitrogen and oxygen atoms in total. The average molecular weight is 528 g/mol. The van der Waals surface area contributed by atoms with Gasteiger partial charge in [0, 0.05) is 0 Å². The van der Waals surface area contributed by atoms with Crippen LogP contribution in [0.2, 0.25) is 0 Å². The molecule has 136 valence electrons. The molecule has 0 unspecified atom stereocenters. The predicted molar refractivity (Wildman–Crippen MR) is 102 cm³/mol. The number of carbonyl (C=O) groups is 1. The number of amides is 1. The Morgan fingerprint density at radius 3 is 2.52 bits per heavy atom. The molecule has 2 aromatic rings. The summed E-state index contributed by atoms with van der Waals surface area (Å²) in [5.74, 6) is 4.43. The van der Waals surface area contributed by atoms with Gasteiger partial charge in [0.2, 0.25) is 0 Å². The van der Waals surface area contributed by atoms with E-state index in [0.717, 1.165) is 28.1 Å². The first kappa shape index (κ1) is 19.2. The van der Waals surface area contributed by atoms with Crippen LogP contribution in [0.1, 0.15) is 21.5 Å². The van der Waals surface area contributed by atoms with Crippen molar-refractivity contribution in [1.29, 1.82) is 0 Å². The van der Waals surface area contributed by atoms with Gasteiger partial charge in [-0.05, 0) is 0 Å². The molecule has 0 atom stereocenters. The summed E-state index contributed by atoms with van der Waals surface area (Å²) in [6, 6.07) is 15.1. The first-order valence-electron chi connectivity index (χ1n) is 8.21. The van der Waals surface area contributed by atoms with Crippen LogP contribution in [-0.2, 0) is 25.9 Å². The molecule has 6 heteroatoms. The topological polar surface area (TPSA) is 69.8 Å². The van der Waals surface area contributed by atoms with E-state index < -0.39 is 5.91 Å². The van der Waals surface area contributed by atoms with Crippen molar-refractivity contribution in [3.8, 4) is 0 Å². The van der Waals surface area contributed by atoms with E-state index in [1.54, 1.807) is 18.2 Å². The van der Waals surface area contributed by atoms with E-state index in [4.69, 9.17) is 17.6 Å². The Morgan fingerprint density at radius 2 is 1.89 bits per heavy atom. The van der Waals surface area contributed by atoms with Gasteiger partial charge in [-0.3, -0.25) is 0 Å². The van der Waals surface area contributed by atoms with Gasteiger partial charge in [-0.1, -0.05) is 0 Å². The third-order valence-corrected chi connectivity index (χ3v) is 5.20. The molecule has 0 aliphatic carbocycles. The summed E-state index contributed by atoms with van der Waals surface area (Å²) in [7, 11) is 0. The van der Waals surface area contributed by atoms with Gasteiger partial charge in [0.1, 0.15) is 0 Å². The van der Waals surface area contributed by atoms with Crippen molar-refractivity contribution >= 4 is 22.1 Å². The molecule has 1 aliphatic rings. The SMILES string of the molecule is [CH-]=CC1=C([CH]=[W])C=Cc2ccccc2N1Cc1ccc(C(=O)N(N)O)cc1. The number of benzene rings is 2. The molecule has 0 aromatic heterocycles. The number of anilines is 1. The molecule has 0 bridgehead atoms. The molecule has 3 rings (SSSR count). The van der Waals surface area contributed by atoms with Crippen molar-refractivity contribution in [2.75, 3.05) is 4.90 Å². The number of fused-ring (bicyclic) bond motifs is 1. The van der Waals surface area contributed by atoms with Crippen LogP contribution >= 0.6 is 0 Å². The van der Waals surface area contributed by atoms with Crippen LogP contribution in [0.3, 0.4) is 0 Å².